The van der Waals surface area contributed by atoms with E-state index in [-0.39, 0.29) is 5.95 Å². The number of nitrogens with one attached hydrogen (secondary N) is 1. The van der Waals surface area contributed by atoms with Gasteiger partial charge in [0.05, 0.1) is 35.2 Å². The molecule has 8 nitrogen and oxygen atoms in total. The van der Waals surface area contributed by atoms with Crippen LogP contribution in [-0.4, -0.2) is 35.9 Å². The molecular weight excluding hydrogens is 474 g/mol. The Morgan fingerprint density at radius 1 is 1.15 bits per heavy atom. The molecule has 10 heteroatoms. The highest BCUT2D eigenvalue weighted by Gasteiger charge is 2.12. The summed E-state index contributed by atoms with van der Waals surface area (Å²) in [4.78, 5) is 4.04. The number of ether oxygens (including phenoxy) is 1. The van der Waals surface area contributed by atoms with Crippen LogP contribution in [0, 0.1) is 11.3 Å². The molecule has 0 aliphatic carbocycles. The van der Waals surface area contributed by atoms with Gasteiger partial charge in [-0.05, 0) is 47.7 Å². The largest absolute Gasteiger partial charge is 0.491 e. The van der Waals surface area contributed by atoms with Crippen LogP contribution in [0.1, 0.15) is 30.0 Å². The maximum atomic E-state index is 11.4. The third-order valence-electron chi connectivity index (χ3n) is 5.00. The van der Waals surface area contributed by atoms with Crippen LogP contribution in [0.2, 0.25) is 5.02 Å². The molecule has 4 aromatic rings. The molecule has 0 spiro atoms. The molecule has 34 heavy (non-hydrogen) atoms. The molecule has 2 aromatic carbocycles. The highest BCUT2D eigenvalue weighted by molar-refractivity contribution is 7.91. The summed E-state index contributed by atoms with van der Waals surface area (Å²) in [7, 11) is -3.46. The first-order valence-electron chi connectivity index (χ1n) is 10.5. The first-order valence-corrected chi connectivity index (χ1v) is 12.8. The average Bonchev–Trinajstić information content (AvgIpc) is 3.21. The highest BCUT2D eigenvalue weighted by Crippen LogP contribution is 2.31. The van der Waals surface area contributed by atoms with E-state index < -0.39 is 10.0 Å². The van der Waals surface area contributed by atoms with Crippen LogP contribution >= 0.6 is 11.6 Å². The van der Waals surface area contributed by atoms with Gasteiger partial charge in [0, 0.05) is 11.8 Å². The fourth-order valence-electron chi connectivity index (χ4n) is 3.51. The van der Waals surface area contributed by atoms with Gasteiger partial charge in [-0.15, -0.1) is 5.10 Å². The number of anilines is 1. The first-order chi connectivity index (χ1) is 16.3. The van der Waals surface area contributed by atoms with Crippen LogP contribution in [0.4, 0.5) is 5.95 Å². The summed E-state index contributed by atoms with van der Waals surface area (Å²) in [6, 6.07) is 15.8. The van der Waals surface area contributed by atoms with Crippen molar-refractivity contribution in [3.8, 4) is 22.9 Å². The lowest BCUT2D eigenvalue weighted by Crippen LogP contribution is -2.13. The SMILES string of the molecule is CCCOc1c(Cl)cc(Cc2ccc(-c3cc4cnc(NS(C)(=O)=O)nn4c3)cc2)cc1C#N. The summed E-state index contributed by atoms with van der Waals surface area (Å²) < 4.78 is 32.3. The Kier molecular flexibility index (Phi) is 6.72. The minimum Gasteiger partial charge on any atom is -0.491 e. The molecule has 0 aliphatic rings. The molecule has 0 unspecified atom stereocenters. The second-order valence-electron chi connectivity index (χ2n) is 7.84. The van der Waals surface area contributed by atoms with Crippen molar-refractivity contribution in [1.29, 1.82) is 5.26 Å². The standard InChI is InChI=1S/C24H22ClN5O3S/c1-3-8-33-23-19(13-26)10-17(11-22(23)25)9-16-4-6-18(7-5-16)20-12-21-14-27-24(28-30(21)15-20)29-34(2,31)32/h4-7,10-12,14-15H,3,8-9H2,1-2H3,(H,28,29). The van der Waals surface area contributed by atoms with Gasteiger partial charge in [-0.2, -0.15) is 5.26 Å². The number of nitrogens with zero attached hydrogens (tertiary/aromatic N) is 4. The quantitative estimate of drug-likeness (QED) is 0.380. The highest BCUT2D eigenvalue weighted by atomic mass is 35.5. The van der Waals surface area contributed by atoms with Gasteiger partial charge in [-0.3, -0.25) is 4.72 Å². The number of nitriles is 1. The summed E-state index contributed by atoms with van der Waals surface area (Å²) in [5.74, 6) is 0.442. The van der Waals surface area contributed by atoms with Crippen LogP contribution in [-0.2, 0) is 16.4 Å². The molecule has 0 atom stereocenters. The van der Waals surface area contributed by atoms with E-state index in [0.29, 0.717) is 29.4 Å². The van der Waals surface area contributed by atoms with Crippen LogP contribution in [0.3, 0.4) is 0 Å². The van der Waals surface area contributed by atoms with Crippen LogP contribution in [0.15, 0.2) is 54.9 Å². The lowest BCUT2D eigenvalue weighted by Gasteiger charge is -2.11. The van der Waals surface area contributed by atoms with Crippen molar-refractivity contribution in [3.05, 3.63) is 76.6 Å². The van der Waals surface area contributed by atoms with Gasteiger partial charge in [0.2, 0.25) is 10.0 Å². The smallest absolute Gasteiger partial charge is 0.254 e. The van der Waals surface area contributed by atoms with Gasteiger partial charge in [0.15, 0.2) is 5.75 Å². The second-order valence-corrected chi connectivity index (χ2v) is 10.00. The summed E-state index contributed by atoms with van der Waals surface area (Å²) >= 11 is 6.38. The normalized spacial score (nSPS) is 11.4. The number of rotatable bonds is 8. The molecule has 0 saturated heterocycles. The van der Waals surface area contributed by atoms with Crippen LogP contribution < -0.4 is 9.46 Å². The van der Waals surface area contributed by atoms with E-state index in [9.17, 15) is 13.7 Å². The van der Waals surface area contributed by atoms with Crippen molar-refractivity contribution in [2.75, 3.05) is 17.6 Å². The second kappa shape index (κ2) is 9.71. The Hall–Kier alpha value is -3.61. The zero-order valence-corrected chi connectivity index (χ0v) is 20.2. The fraction of sp³-hybridized carbons (Fsp3) is 0.208. The van der Waals surface area contributed by atoms with Crippen molar-refractivity contribution < 1.29 is 13.2 Å². The summed E-state index contributed by atoms with van der Waals surface area (Å²) in [5.41, 5.74) is 5.06. The van der Waals surface area contributed by atoms with Crippen LogP contribution in [0.25, 0.3) is 16.6 Å². The van der Waals surface area contributed by atoms with Crippen molar-refractivity contribution in [2.45, 2.75) is 19.8 Å². The average molecular weight is 496 g/mol. The van der Waals surface area contributed by atoms with E-state index in [1.165, 1.54) is 0 Å². The molecule has 2 aromatic heterocycles. The van der Waals surface area contributed by atoms with Crippen molar-refractivity contribution in [3.63, 3.8) is 0 Å². The Bertz CT molecular complexity index is 1490. The Balaban J connectivity index is 1.54. The predicted octanol–water partition coefficient (Wildman–Crippen LogP) is 4.67. The number of halogens is 1. The molecule has 174 valence electrons. The molecule has 2 heterocycles. The minimum atomic E-state index is -3.46. The number of sulfonamides is 1. The topological polar surface area (TPSA) is 109 Å². The van der Waals surface area contributed by atoms with Gasteiger partial charge in [-0.1, -0.05) is 42.8 Å². The number of benzene rings is 2. The summed E-state index contributed by atoms with van der Waals surface area (Å²) in [5, 5.41) is 14.1. The Morgan fingerprint density at radius 2 is 1.91 bits per heavy atom. The zero-order chi connectivity index (χ0) is 24.3. The maximum absolute atomic E-state index is 11.4. The first kappa shape index (κ1) is 23.5. The molecule has 0 aliphatic heterocycles. The molecule has 0 bridgehead atoms. The minimum absolute atomic E-state index is 0.00834. The predicted molar refractivity (Wildman–Crippen MR) is 132 cm³/mol. The Labute approximate surface area is 202 Å². The molecule has 0 amide bonds. The number of aromatic nitrogens is 3. The van der Waals surface area contributed by atoms with E-state index in [1.807, 2.05) is 55.6 Å². The molecule has 1 N–H and O–H groups in total. The monoisotopic (exact) mass is 495 g/mol. The lowest BCUT2D eigenvalue weighted by molar-refractivity contribution is 0.316. The fourth-order valence-corrected chi connectivity index (χ4v) is 4.24. The number of hydrogen-bond acceptors (Lipinski definition) is 6. The van der Waals surface area contributed by atoms with Gasteiger partial charge < -0.3 is 4.74 Å². The molecule has 4 rings (SSSR count). The number of fused-ring (bicyclic) bond motifs is 1. The third kappa shape index (κ3) is 5.47. The van der Waals surface area contributed by atoms with E-state index in [2.05, 4.69) is 20.9 Å². The molecular formula is C24H22ClN5O3S. The zero-order valence-electron chi connectivity index (χ0n) is 18.6. The summed E-state index contributed by atoms with van der Waals surface area (Å²) in [6.07, 6.45) is 5.87. The van der Waals surface area contributed by atoms with Gasteiger partial charge in [-0.25, -0.2) is 17.9 Å². The maximum Gasteiger partial charge on any atom is 0.254 e. The van der Waals surface area contributed by atoms with Crippen molar-refractivity contribution in [2.24, 2.45) is 0 Å². The number of hydrogen-bond donors (Lipinski definition) is 1. The van der Waals surface area contributed by atoms with E-state index in [1.54, 1.807) is 10.7 Å². The molecule has 0 fully saturated rings. The summed E-state index contributed by atoms with van der Waals surface area (Å²) in [6.45, 7) is 2.50. The molecule has 0 saturated carbocycles. The van der Waals surface area contributed by atoms with Crippen molar-refractivity contribution >= 4 is 33.1 Å². The van der Waals surface area contributed by atoms with E-state index in [0.717, 1.165) is 40.4 Å². The molecule has 0 radical (unpaired) electrons. The Morgan fingerprint density at radius 3 is 2.59 bits per heavy atom. The van der Waals surface area contributed by atoms with Gasteiger partial charge >= 0.3 is 0 Å². The van der Waals surface area contributed by atoms with Crippen molar-refractivity contribution in [1.82, 2.24) is 14.6 Å². The third-order valence-corrected chi connectivity index (χ3v) is 5.83. The van der Waals surface area contributed by atoms with Crippen LogP contribution in [0.5, 0.6) is 5.75 Å². The van der Waals surface area contributed by atoms with E-state index in [4.69, 9.17) is 16.3 Å². The lowest BCUT2D eigenvalue weighted by atomic mass is 10.00. The van der Waals surface area contributed by atoms with Gasteiger partial charge in [0.25, 0.3) is 5.95 Å². The van der Waals surface area contributed by atoms with E-state index >= 15 is 0 Å². The van der Waals surface area contributed by atoms with Gasteiger partial charge in [0.1, 0.15) is 6.07 Å².